The highest BCUT2D eigenvalue weighted by Gasteiger charge is 2.22. The molecule has 5 nitrogen and oxygen atoms in total. The third-order valence-corrected chi connectivity index (χ3v) is 5.99. The van der Waals surface area contributed by atoms with Crippen molar-refractivity contribution >= 4 is 28.9 Å². The Balaban J connectivity index is 1.48. The van der Waals surface area contributed by atoms with E-state index in [4.69, 9.17) is 0 Å². The van der Waals surface area contributed by atoms with Crippen molar-refractivity contribution in [1.82, 2.24) is 10.6 Å². The average molecular weight is 399 g/mol. The molecule has 6 heteroatoms. The minimum atomic E-state index is 0.155. The Bertz CT molecular complexity index is 782. The van der Waals surface area contributed by atoms with Gasteiger partial charge in [-0.05, 0) is 58.8 Å². The number of anilines is 1. The fourth-order valence-electron chi connectivity index (χ4n) is 3.52. The number of hydrogen-bond donors (Lipinski definition) is 3. The van der Waals surface area contributed by atoms with E-state index in [1.807, 2.05) is 18.2 Å². The molecule has 0 radical (unpaired) electrons. The van der Waals surface area contributed by atoms with Crippen LogP contribution < -0.4 is 16.0 Å². The van der Waals surface area contributed by atoms with Crippen LogP contribution in [0, 0.1) is 5.92 Å². The van der Waals surface area contributed by atoms with Crippen LogP contribution in [0.2, 0.25) is 0 Å². The maximum Gasteiger partial charge on any atom is 0.227 e. The number of aliphatic imine (C=N–C) groups is 1. The van der Waals surface area contributed by atoms with E-state index in [9.17, 15) is 4.79 Å². The van der Waals surface area contributed by atoms with Crippen LogP contribution in [0.1, 0.15) is 49.7 Å². The molecular formula is C22H30N4OS. The summed E-state index contributed by atoms with van der Waals surface area (Å²) in [6, 6.07) is 10.2. The lowest BCUT2D eigenvalue weighted by Crippen LogP contribution is -2.38. The Morgan fingerprint density at radius 1 is 1.25 bits per heavy atom. The number of thiophene rings is 1. The molecule has 0 aliphatic heterocycles. The van der Waals surface area contributed by atoms with E-state index < -0.39 is 0 Å². The quantitative estimate of drug-likeness (QED) is 0.480. The molecule has 1 aliphatic carbocycles. The van der Waals surface area contributed by atoms with Crippen LogP contribution in [0.25, 0.3) is 0 Å². The van der Waals surface area contributed by atoms with Crippen molar-refractivity contribution in [1.29, 1.82) is 0 Å². The summed E-state index contributed by atoms with van der Waals surface area (Å²) in [7, 11) is 1.78. The molecule has 1 fully saturated rings. The van der Waals surface area contributed by atoms with E-state index in [2.05, 4.69) is 50.8 Å². The van der Waals surface area contributed by atoms with E-state index >= 15 is 0 Å². The van der Waals surface area contributed by atoms with Gasteiger partial charge in [0, 0.05) is 31.7 Å². The molecule has 1 aliphatic rings. The van der Waals surface area contributed by atoms with Crippen LogP contribution in [0.5, 0.6) is 0 Å². The number of rotatable bonds is 7. The molecule has 1 aromatic heterocycles. The van der Waals surface area contributed by atoms with Crippen LogP contribution in [-0.4, -0.2) is 25.5 Å². The first-order valence-corrected chi connectivity index (χ1v) is 11.0. The number of carbonyl (C=O) groups excluding carboxylic acids is 1. The highest BCUT2D eigenvalue weighted by molar-refractivity contribution is 7.07. The summed E-state index contributed by atoms with van der Waals surface area (Å²) in [6.45, 7) is 3.69. The van der Waals surface area contributed by atoms with Crippen molar-refractivity contribution in [2.75, 3.05) is 18.9 Å². The summed E-state index contributed by atoms with van der Waals surface area (Å²) in [6.07, 6.45) is 4.36. The standard InChI is InChI=1S/C22H30N4OS/c1-16(19-10-11-28-15-19)13-24-22(23-2)25-14-17-6-5-9-20(12-17)26-21(27)18-7-3-4-8-18/h5-6,9-12,15-16,18H,3-4,7-8,13-14H2,1-2H3,(H,26,27)(H2,23,24,25). The molecule has 150 valence electrons. The topological polar surface area (TPSA) is 65.5 Å². The first kappa shape index (κ1) is 20.4. The molecule has 1 aromatic carbocycles. The summed E-state index contributed by atoms with van der Waals surface area (Å²) in [5, 5.41) is 14.1. The largest absolute Gasteiger partial charge is 0.356 e. The van der Waals surface area contributed by atoms with Gasteiger partial charge in [0.15, 0.2) is 5.96 Å². The number of benzene rings is 1. The van der Waals surface area contributed by atoms with Gasteiger partial charge in [0.1, 0.15) is 0 Å². The molecule has 0 bridgehead atoms. The Labute approximate surface area is 171 Å². The Hall–Kier alpha value is -2.34. The maximum atomic E-state index is 12.3. The van der Waals surface area contributed by atoms with Crippen molar-refractivity contribution in [2.24, 2.45) is 10.9 Å². The van der Waals surface area contributed by atoms with Gasteiger partial charge in [0.05, 0.1) is 0 Å². The molecule has 3 N–H and O–H groups in total. The van der Waals surface area contributed by atoms with Gasteiger partial charge in [-0.25, -0.2) is 0 Å². The van der Waals surface area contributed by atoms with E-state index in [0.29, 0.717) is 12.5 Å². The number of carbonyl (C=O) groups is 1. The predicted molar refractivity (Wildman–Crippen MR) is 118 cm³/mol. The van der Waals surface area contributed by atoms with Gasteiger partial charge in [-0.1, -0.05) is 31.9 Å². The minimum absolute atomic E-state index is 0.155. The monoisotopic (exact) mass is 398 g/mol. The number of amides is 1. The second-order valence-corrected chi connectivity index (χ2v) is 8.22. The Morgan fingerprint density at radius 3 is 2.79 bits per heavy atom. The van der Waals surface area contributed by atoms with Crippen molar-refractivity contribution in [3.05, 3.63) is 52.2 Å². The molecule has 1 atom stereocenters. The SMILES string of the molecule is CN=C(NCc1cccc(NC(=O)C2CCCC2)c1)NCC(C)c1ccsc1. The van der Waals surface area contributed by atoms with Gasteiger partial charge in [-0.15, -0.1) is 0 Å². The molecule has 28 heavy (non-hydrogen) atoms. The first-order chi connectivity index (χ1) is 13.7. The zero-order valence-electron chi connectivity index (χ0n) is 16.7. The molecule has 1 unspecified atom stereocenters. The third-order valence-electron chi connectivity index (χ3n) is 5.29. The van der Waals surface area contributed by atoms with Crippen LogP contribution in [0.3, 0.4) is 0 Å². The van der Waals surface area contributed by atoms with Crippen molar-refractivity contribution < 1.29 is 4.79 Å². The zero-order valence-corrected chi connectivity index (χ0v) is 17.5. The van der Waals surface area contributed by atoms with Gasteiger partial charge in [-0.3, -0.25) is 9.79 Å². The number of nitrogens with zero attached hydrogens (tertiary/aromatic N) is 1. The van der Waals surface area contributed by atoms with Crippen LogP contribution in [-0.2, 0) is 11.3 Å². The van der Waals surface area contributed by atoms with E-state index in [1.165, 1.54) is 18.4 Å². The lowest BCUT2D eigenvalue weighted by molar-refractivity contribution is -0.119. The van der Waals surface area contributed by atoms with Crippen LogP contribution >= 0.6 is 11.3 Å². The molecule has 2 aromatic rings. The normalized spacial score (nSPS) is 16.0. The number of hydrogen-bond acceptors (Lipinski definition) is 3. The average Bonchev–Trinajstić information content (AvgIpc) is 3.42. The maximum absolute atomic E-state index is 12.3. The predicted octanol–water partition coefficient (Wildman–Crippen LogP) is 4.35. The Morgan fingerprint density at radius 2 is 2.07 bits per heavy atom. The minimum Gasteiger partial charge on any atom is -0.356 e. The van der Waals surface area contributed by atoms with Crippen LogP contribution in [0.15, 0.2) is 46.1 Å². The molecular weight excluding hydrogens is 368 g/mol. The number of guanidine groups is 1. The molecule has 0 saturated heterocycles. The highest BCUT2D eigenvalue weighted by atomic mass is 32.1. The van der Waals surface area contributed by atoms with Crippen molar-refractivity contribution in [3.8, 4) is 0 Å². The van der Waals surface area contributed by atoms with Gasteiger partial charge >= 0.3 is 0 Å². The van der Waals surface area contributed by atoms with Gasteiger partial charge in [0.25, 0.3) is 0 Å². The zero-order chi connectivity index (χ0) is 19.8. The van der Waals surface area contributed by atoms with E-state index in [-0.39, 0.29) is 11.8 Å². The van der Waals surface area contributed by atoms with E-state index in [1.54, 1.807) is 18.4 Å². The molecule has 3 rings (SSSR count). The molecule has 1 saturated carbocycles. The summed E-state index contributed by atoms with van der Waals surface area (Å²) < 4.78 is 0. The lowest BCUT2D eigenvalue weighted by atomic mass is 10.1. The Kier molecular flexibility index (Phi) is 7.48. The summed E-state index contributed by atoms with van der Waals surface area (Å²) in [4.78, 5) is 16.6. The van der Waals surface area contributed by atoms with Gasteiger partial charge in [-0.2, -0.15) is 11.3 Å². The van der Waals surface area contributed by atoms with Crippen molar-refractivity contribution in [3.63, 3.8) is 0 Å². The van der Waals surface area contributed by atoms with Crippen molar-refractivity contribution in [2.45, 2.75) is 45.1 Å². The number of nitrogens with one attached hydrogen (secondary N) is 3. The summed E-state index contributed by atoms with van der Waals surface area (Å²) >= 11 is 1.73. The lowest BCUT2D eigenvalue weighted by Gasteiger charge is -2.16. The molecule has 1 heterocycles. The third kappa shape index (κ3) is 5.83. The molecule has 1 amide bonds. The van der Waals surface area contributed by atoms with Gasteiger partial charge in [0.2, 0.25) is 5.91 Å². The second kappa shape index (κ2) is 10.3. The smallest absolute Gasteiger partial charge is 0.227 e. The highest BCUT2D eigenvalue weighted by Crippen LogP contribution is 2.26. The van der Waals surface area contributed by atoms with Crippen LogP contribution in [0.4, 0.5) is 5.69 Å². The fraction of sp³-hybridized carbons (Fsp3) is 0.455. The molecule has 0 spiro atoms. The summed E-state index contributed by atoms with van der Waals surface area (Å²) in [5.41, 5.74) is 3.32. The second-order valence-electron chi connectivity index (χ2n) is 7.44. The van der Waals surface area contributed by atoms with Gasteiger partial charge < -0.3 is 16.0 Å². The summed E-state index contributed by atoms with van der Waals surface area (Å²) in [5.74, 6) is 1.54. The van der Waals surface area contributed by atoms with E-state index in [0.717, 1.165) is 36.6 Å². The fourth-order valence-corrected chi connectivity index (χ4v) is 4.30. The first-order valence-electron chi connectivity index (χ1n) is 10.0.